The van der Waals surface area contributed by atoms with Crippen molar-refractivity contribution in [2.75, 3.05) is 11.6 Å². The van der Waals surface area contributed by atoms with Gasteiger partial charge in [0.1, 0.15) is 5.69 Å². The van der Waals surface area contributed by atoms with Gasteiger partial charge in [-0.3, -0.25) is 9.78 Å². The summed E-state index contributed by atoms with van der Waals surface area (Å²) in [5.74, 6) is -0.373. The van der Waals surface area contributed by atoms with E-state index in [9.17, 15) is 13.2 Å². The van der Waals surface area contributed by atoms with Gasteiger partial charge < -0.3 is 5.32 Å². The van der Waals surface area contributed by atoms with Crippen molar-refractivity contribution in [1.29, 1.82) is 0 Å². The number of benzene rings is 2. The summed E-state index contributed by atoms with van der Waals surface area (Å²) in [6.07, 6.45) is 2.67. The Labute approximate surface area is 151 Å². The number of anilines is 1. The Kier molecular flexibility index (Phi) is 4.81. The summed E-state index contributed by atoms with van der Waals surface area (Å²) in [5.41, 5.74) is 2.34. The molecule has 7 heteroatoms. The van der Waals surface area contributed by atoms with E-state index in [-0.39, 0.29) is 16.5 Å². The maximum absolute atomic E-state index is 12.5. The van der Waals surface area contributed by atoms with Crippen molar-refractivity contribution >= 4 is 21.4 Å². The van der Waals surface area contributed by atoms with Crippen molar-refractivity contribution in [2.24, 2.45) is 0 Å². The Hall–Kier alpha value is -3.06. The van der Waals surface area contributed by atoms with Gasteiger partial charge in [-0.25, -0.2) is 13.4 Å². The van der Waals surface area contributed by atoms with Crippen LogP contribution in [-0.4, -0.2) is 30.5 Å². The number of hydrogen-bond donors (Lipinski definition) is 1. The van der Waals surface area contributed by atoms with Crippen LogP contribution in [0.5, 0.6) is 0 Å². The highest BCUT2D eigenvalue weighted by molar-refractivity contribution is 7.90. The molecule has 1 amide bonds. The highest BCUT2D eigenvalue weighted by Gasteiger charge is 2.15. The number of amides is 1. The smallest absolute Gasteiger partial charge is 0.276 e. The second kappa shape index (κ2) is 7.05. The number of nitrogens with one attached hydrogen (secondary N) is 1. The monoisotopic (exact) mass is 367 g/mol. The Bertz CT molecular complexity index is 1060. The molecule has 3 rings (SSSR count). The minimum Gasteiger partial charge on any atom is -0.321 e. The fraction of sp³-hybridized carbons (Fsp3) is 0.105. The molecular weight excluding hydrogens is 350 g/mol. The first-order chi connectivity index (χ1) is 12.3. The molecule has 6 nitrogen and oxygen atoms in total. The summed E-state index contributed by atoms with van der Waals surface area (Å²) in [6.45, 7) is 1.70. The normalized spacial score (nSPS) is 11.2. The summed E-state index contributed by atoms with van der Waals surface area (Å²) in [7, 11) is -3.34. The first kappa shape index (κ1) is 17.8. The van der Waals surface area contributed by atoms with Crippen LogP contribution >= 0.6 is 0 Å². The lowest BCUT2D eigenvalue weighted by Crippen LogP contribution is -2.16. The van der Waals surface area contributed by atoms with Crippen molar-refractivity contribution in [3.8, 4) is 11.3 Å². The first-order valence-electron chi connectivity index (χ1n) is 7.85. The lowest BCUT2D eigenvalue weighted by molar-refractivity contribution is 0.102. The van der Waals surface area contributed by atoms with E-state index in [2.05, 4.69) is 15.3 Å². The van der Waals surface area contributed by atoms with Gasteiger partial charge in [0, 0.05) is 17.5 Å². The van der Waals surface area contributed by atoms with Gasteiger partial charge in [-0.1, -0.05) is 30.3 Å². The molecule has 0 spiro atoms. The number of carbonyl (C=O) groups is 1. The van der Waals surface area contributed by atoms with Gasteiger partial charge in [0.2, 0.25) is 0 Å². The number of aryl methyl sites for hydroxylation is 1. The van der Waals surface area contributed by atoms with Crippen LogP contribution in [0.2, 0.25) is 0 Å². The lowest BCUT2D eigenvalue weighted by Gasteiger charge is -2.09. The quantitative estimate of drug-likeness (QED) is 0.765. The molecule has 0 unspecified atom stereocenters. The average Bonchev–Trinajstić information content (AvgIpc) is 2.62. The van der Waals surface area contributed by atoms with Crippen LogP contribution in [0.3, 0.4) is 0 Å². The Morgan fingerprint density at radius 3 is 2.46 bits per heavy atom. The van der Waals surface area contributed by atoms with Crippen LogP contribution in [0.1, 0.15) is 16.2 Å². The van der Waals surface area contributed by atoms with E-state index in [0.717, 1.165) is 6.26 Å². The second-order valence-corrected chi connectivity index (χ2v) is 7.83. The number of para-hydroxylation sites is 1. The number of carbonyl (C=O) groups excluding carboxylic acids is 1. The number of hydrogen-bond acceptors (Lipinski definition) is 5. The summed E-state index contributed by atoms with van der Waals surface area (Å²) < 4.78 is 23.5. The van der Waals surface area contributed by atoms with Gasteiger partial charge in [0.25, 0.3) is 5.91 Å². The molecule has 132 valence electrons. The third-order valence-electron chi connectivity index (χ3n) is 3.76. The van der Waals surface area contributed by atoms with Crippen molar-refractivity contribution < 1.29 is 13.2 Å². The first-order valence-corrected chi connectivity index (χ1v) is 9.74. The molecule has 0 bridgehead atoms. The van der Waals surface area contributed by atoms with Crippen LogP contribution in [0.4, 0.5) is 5.69 Å². The Balaban J connectivity index is 1.97. The summed E-state index contributed by atoms with van der Waals surface area (Å²) in [6, 6.07) is 15.5. The summed E-state index contributed by atoms with van der Waals surface area (Å²) >= 11 is 0. The van der Waals surface area contributed by atoms with Gasteiger partial charge in [0.05, 0.1) is 22.5 Å². The zero-order valence-corrected chi connectivity index (χ0v) is 15.1. The molecule has 0 saturated carbocycles. The van der Waals surface area contributed by atoms with Crippen LogP contribution in [0.25, 0.3) is 11.3 Å². The van der Waals surface area contributed by atoms with E-state index >= 15 is 0 Å². The average molecular weight is 367 g/mol. The molecule has 1 heterocycles. The van der Waals surface area contributed by atoms with E-state index in [1.807, 2.05) is 18.2 Å². The van der Waals surface area contributed by atoms with Crippen molar-refractivity contribution in [3.63, 3.8) is 0 Å². The number of aromatic nitrogens is 2. The number of sulfone groups is 1. The third-order valence-corrected chi connectivity index (χ3v) is 4.87. The minimum absolute atomic E-state index is 0.188. The maximum Gasteiger partial charge on any atom is 0.276 e. The zero-order chi connectivity index (χ0) is 18.7. The van der Waals surface area contributed by atoms with Crippen LogP contribution < -0.4 is 5.32 Å². The third kappa shape index (κ3) is 3.94. The lowest BCUT2D eigenvalue weighted by atomic mass is 10.1. The molecule has 0 aliphatic heterocycles. The van der Waals surface area contributed by atoms with Gasteiger partial charge in [-0.05, 0) is 31.2 Å². The molecule has 0 fully saturated rings. The van der Waals surface area contributed by atoms with Crippen molar-refractivity contribution in [3.05, 3.63) is 72.2 Å². The Morgan fingerprint density at radius 2 is 1.77 bits per heavy atom. The fourth-order valence-corrected chi connectivity index (χ4v) is 3.07. The predicted molar refractivity (Wildman–Crippen MR) is 99.7 cm³/mol. The van der Waals surface area contributed by atoms with Gasteiger partial charge in [-0.2, -0.15) is 0 Å². The van der Waals surface area contributed by atoms with Crippen molar-refractivity contribution in [2.45, 2.75) is 11.8 Å². The summed E-state index contributed by atoms with van der Waals surface area (Å²) in [4.78, 5) is 21.4. The predicted octanol–water partition coefficient (Wildman–Crippen LogP) is 3.11. The van der Waals surface area contributed by atoms with Crippen molar-refractivity contribution in [1.82, 2.24) is 9.97 Å². The summed E-state index contributed by atoms with van der Waals surface area (Å²) in [5, 5.41) is 2.78. The van der Waals surface area contributed by atoms with Gasteiger partial charge in [0.15, 0.2) is 9.84 Å². The van der Waals surface area contributed by atoms with Crippen LogP contribution in [-0.2, 0) is 9.84 Å². The highest BCUT2D eigenvalue weighted by Crippen LogP contribution is 2.21. The van der Waals surface area contributed by atoms with E-state index in [1.54, 1.807) is 31.2 Å². The maximum atomic E-state index is 12.5. The molecule has 26 heavy (non-hydrogen) atoms. The molecule has 0 aliphatic carbocycles. The van der Waals surface area contributed by atoms with E-state index in [4.69, 9.17) is 0 Å². The molecule has 1 N–H and O–H groups in total. The van der Waals surface area contributed by atoms with Gasteiger partial charge >= 0.3 is 0 Å². The molecule has 0 saturated heterocycles. The molecule has 2 aromatic carbocycles. The van der Waals surface area contributed by atoms with Crippen LogP contribution in [0.15, 0.2) is 65.7 Å². The molecule has 3 aromatic rings. The molecule has 0 aliphatic rings. The van der Waals surface area contributed by atoms with Crippen LogP contribution in [0, 0.1) is 6.92 Å². The SMILES string of the molecule is Cc1ncc(-c2cccc(S(C)(=O)=O)c2)nc1C(=O)Nc1ccccc1. The fourth-order valence-electron chi connectivity index (χ4n) is 2.40. The number of rotatable bonds is 4. The largest absolute Gasteiger partial charge is 0.321 e. The molecular formula is C19H17N3O3S. The number of nitrogens with zero attached hydrogens (tertiary/aromatic N) is 2. The molecule has 0 atom stereocenters. The van der Waals surface area contributed by atoms with Gasteiger partial charge in [-0.15, -0.1) is 0 Å². The van der Waals surface area contributed by atoms with E-state index in [1.165, 1.54) is 18.3 Å². The highest BCUT2D eigenvalue weighted by atomic mass is 32.2. The topological polar surface area (TPSA) is 89.0 Å². The second-order valence-electron chi connectivity index (χ2n) is 5.81. The Morgan fingerprint density at radius 1 is 1.04 bits per heavy atom. The minimum atomic E-state index is -3.34. The zero-order valence-electron chi connectivity index (χ0n) is 14.3. The van der Waals surface area contributed by atoms with E-state index < -0.39 is 9.84 Å². The molecule has 0 radical (unpaired) electrons. The molecule has 1 aromatic heterocycles. The van der Waals surface area contributed by atoms with E-state index in [0.29, 0.717) is 22.6 Å². The standard InChI is InChI=1S/C19H17N3O3S/c1-13-18(19(23)21-15-8-4-3-5-9-15)22-17(12-20-13)14-7-6-10-16(11-14)26(2,24)25/h3-12H,1-2H3,(H,21,23).